The molecule has 492 valence electrons. The number of ketones is 2. The number of carbonyl (C=O) groups is 6. The third-order valence-electron chi connectivity index (χ3n) is 16.1. The highest BCUT2D eigenvalue weighted by molar-refractivity contribution is 5.85. The highest BCUT2D eigenvalue weighted by Gasteiger charge is 2.34. The number of nitrogens with two attached hydrogens (primary N) is 4. The number of aliphatic carboxylic acids is 1. The van der Waals surface area contributed by atoms with Gasteiger partial charge < -0.3 is 71.4 Å². The standard InChI is InChI=1S/2C31H54N2O6.C4H4O4/c2*1-20(2)23(16-22-10-11-28(38-8)29(17-22)39-15-9-14-37-7)18-25(32)27(35)19-24(21(3)4)26(34)12-13-31(5,6)30(33)36;5-3-8-2-1-4(6)7/h2*10-11,17,20-21,23-25,27,35H,9,12-16,18-19,32H2,1-8H3,(H2,33,36);1-3H,(H,6,7)/b;;2-1+/t2*23-,24-,25-,27-;/m00./s1. The summed E-state index contributed by atoms with van der Waals surface area (Å²) in [5.74, 6) is 1.49. The van der Waals surface area contributed by atoms with Crippen LogP contribution in [0, 0.1) is 58.2 Å². The Bertz CT molecular complexity index is 2180. The summed E-state index contributed by atoms with van der Waals surface area (Å²) in [5, 5.41) is 30.0. The number of hydrogen-bond acceptors (Lipinski definition) is 17. The maximum absolute atomic E-state index is 13.0. The van der Waals surface area contributed by atoms with Crippen LogP contribution < -0.4 is 41.9 Å². The first-order chi connectivity index (χ1) is 40.2. The fourth-order valence-corrected chi connectivity index (χ4v) is 9.53. The maximum Gasteiger partial charge on any atom is 0.331 e. The van der Waals surface area contributed by atoms with Crippen molar-refractivity contribution in [2.24, 2.45) is 81.1 Å². The zero-order chi connectivity index (χ0) is 65.9. The molecule has 0 radical (unpaired) electrons. The van der Waals surface area contributed by atoms with E-state index in [0.29, 0.717) is 106 Å². The number of rotatable bonds is 43. The van der Waals surface area contributed by atoms with Crippen molar-refractivity contribution in [3.63, 3.8) is 0 Å². The number of methoxy groups -OCH3 is 4. The van der Waals surface area contributed by atoms with Crippen LogP contribution in [0.5, 0.6) is 23.0 Å². The van der Waals surface area contributed by atoms with E-state index in [1.54, 1.807) is 56.1 Å². The van der Waals surface area contributed by atoms with Crippen molar-refractivity contribution in [3.05, 3.63) is 59.9 Å². The van der Waals surface area contributed by atoms with Crippen LogP contribution in [0.2, 0.25) is 0 Å². The molecule has 0 aliphatic carbocycles. The molecule has 0 unspecified atom stereocenters. The number of ether oxygens (including phenoxy) is 7. The van der Waals surface area contributed by atoms with Gasteiger partial charge in [0.15, 0.2) is 23.0 Å². The Kier molecular flexibility index (Phi) is 39.5. The van der Waals surface area contributed by atoms with Crippen LogP contribution in [0.25, 0.3) is 0 Å². The highest BCUT2D eigenvalue weighted by atomic mass is 16.5. The quantitative estimate of drug-likeness (QED) is 0.0141. The summed E-state index contributed by atoms with van der Waals surface area (Å²) in [6.07, 6.45) is 6.19. The lowest BCUT2D eigenvalue weighted by molar-refractivity contribution is -0.132. The summed E-state index contributed by atoms with van der Waals surface area (Å²) in [4.78, 5) is 68.3. The fourth-order valence-electron chi connectivity index (χ4n) is 9.53. The molecule has 2 rings (SSSR count). The third kappa shape index (κ3) is 31.8. The predicted molar refractivity (Wildman–Crippen MR) is 335 cm³/mol. The average molecular weight is 1220 g/mol. The number of aliphatic hydroxyl groups excluding tert-OH is 2. The van der Waals surface area contributed by atoms with Gasteiger partial charge in [0.2, 0.25) is 11.8 Å². The number of aliphatic hydroxyl groups is 2. The minimum atomic E-state index is -1.15. The summed E-state index contributed by atoms with van der Waals surface area (Å²) in [7, 11) is 6.59. The zero-order valence-corrected chi connectivity index (χ0v) is 54.9. The molecule has 2 amide bonds. The van der Waals surface area contributed by atoms with Gasteiger partial charge in [-0.3, -0.25) is 24.0 Å². The van der Waals surface area contributed by atoms with Crippen LogP contribution >= 0.6 is 0 Å². The molecule has 0 aromatic heterocycles. The second-order valence-electron chi connectivity index (χ2n) is 25.2. The van der Waals surface area contributed by atoms with Crippen molar-refractivity contribution < 1.29 is 77.2 Å². The number of carboxylic acid groups (broad SMARTS) is 1. The Morgan fingerprint density at radius 3 is 1.19 bits per heavy atom. The van der Waals surface area contributed by atoms with Crippen LogP contribution in [-0.2, 0) is 55.8 Å². The van der Waals surface area contributed by atoms with Gasteiger partial charge in [0.1, 0.15) is 17.8 Å². The molecule has 11 N–H and O–H groups in total. The molecule has 0 bridgehead atoms. The molecule has 2 aromatic carbocycles. The first kappa shape index (κ1) is 80.4. The second-order valence-corrected chi connectivity index (χ2v) is 25.2. The van der Waals surface area contributed by atoms with Crippen LogP contribution in [0.1, 0.15) is 158 Å². The lowest BCUT2D eigenvalue weighted by Crippen LogP contribution is -2.41. The number of benzene rings is 2. The molecule has 0 heterocycles. The number of primary amides is 2. The third-order valence-corrected chi connectivity index (χ3v) is 16.1. The van der Waals surface area contributed by atoms with Gasteiger partial charge in [-0.2, -0.15) is 0 Å². The molecule has 0 saturated heterocycles. The van der Waals surface area contributed by atoms with E-state index in [0.717, 1.165) is 43.1 Å². The van der Waals surface area contributed by atoms with Gasteiger partial charge in [-0.1, -0.05) is 95.2 Å². The Labute approximate surface area is 514 Å². The van der Waals surface area contributed by atoms with E-state index >= 15 is 0 Å². The molecule has 0 aliphatic rings. The Balaban J connectivity index is 0.00000149. The van der Waals surface area contributed by atoms with Crippen molar-refractivity contribution in [3.8, 4) is 23.0 Å². The molecule has 20 heteroatoms. The average Bonchev–Trinajstić information content (AvgIpc) is 3.66. The van der Waals surface area contributed by atoms with E-state index in [4.69, 9.17) is 56.5 Å². The van der Waals surface area contributed by atoms with Crippen molar-refractivity contribution in [2.75, 3.05) is 54.9 Å². The van der Waals surface area contributed by atoms with Gasteiger partial charge >= 0.3 is 5.97 Å². The molecule has 2 aromatic rings. The largest absolute Gasteiger partial charge is 0.493 e. The number of hydrogen-bond donors (Lipinski definition) is 7. The van der Waals surface area contributed by atoms with E-state index in [1.807, 2.05) is 64.1 Å². The molecular formula is C66H112N4O16. The highest BCUT2D eigenvalue weighted by Crippen LogP contribution is 2.35. The monoisotopic (exact) mass is 1220 g/mol. The molecule has 0 spiro atoms. The minimum Gasteiger partial charge on any atom is -0.493 e. The lowest BCUT2D eigenvalue weighted by atomic mass is 9.78. The molecule has 20 nitrogen and oxygen atoms in total. The summed E-state index contributed by atoms with van der Waals surface area (Å²) >= 11 is 0. The van der Waals surface area contributed by atoms with Gasteiger partial charge in [0.25, 0.3) is 6.47 Å². The maximum atomic E-state index is 13.0. The summed E-state index contributed by atoms with van der Waals surface area (Å²) < 4.78 is 36.9. The second kappa shape index (κ2) is 42.3. The van der Waals surface area contributed by atoms with Gasteiger partial charge in [-0.25, -0.2) is 4.79 Å². The fraction of sp³-hybridized carbons (Fsp3) is 0.697. The van der Waals surface area contributed by atoms with Gasteiger partial charge in [-0.05, 0) is 122 Å². The van der Waals surface area contributed by atoms with Crippen LogP contribution in [0.15, 0.2) is 48.7 Å². The molecule has 86 heavy (non-hydrogen) atoms. The molecular weight excluding hydrogens is 1100 g/mol. The van der Waals surface area contributed by atoms with Crippen molar-refractivity contribution in [1.29, 1.82) is 0 Å². The van der Waals surface area contributed by atoms with Crippen molar-refractivity contribution >= 4 is 35.8 Å². The normalized spacial score (nSPS) is 14.6. The van der Waals surface area contributed by atoms with Crippen LogP contribution in [0.3, 0.4) is 0 Å². The molecule has 8 atom stereocenters. The molecule has 0 fully saturated rings. The Hall–Kier alpha value is -5.64. The zero-order valence-electron chi connectivity index (χ0n) is 54.9. The summed E-state index contributed by atoms with van der Waals surface area (Å²) in [6, 6.07) is 11.0. The molecule has 0 saturated carbocycles. The number of Topliss-reactive ketones (excluding diaryl/α,β-unsaturated/α-hetero) is 2. The van der Waals surface area contributed by atoms with Gasteiger partial charge in [0.05, 0.1) is 45.7 Å². The number of carboxylic acids is 1. The Morgan fingerprint density at radius 1 is 0.547 bits per heavy atom. The van der Waals surface area contributed by atoms with E-state index in [2.05, 4.69) is 32.4 Å². The van der Waals surface area contributed by atoms with Gasteiger partial charge in [0, 0.05) is 87.9 Å². The van der Waals surface area contributed by atoms with E-state index in [1.165, 1.54) is 0 Å². The molecule has 0 aliphatic heterocycles. The number of amides is 2. The lowest BCUT2D eigenvalue weighted by Gasteiger charge is -2.30. The predicted octanol–water partition coefficient (Wildman–Crippen LogP) is 8.81. The minimum absolute atomic E-state index is 0.0437. The van der Waals surface area contributed by atoms with Crippen LogP contribution in [0.4, 0.5) is 0 Å². The van der Waals surface area contributed by atoms with Gasteiger partial charge in [-0.15, -0.1) is 0 Å². The first-order valence-electron chi connectivity index (χ1n) is 30.3. The van der Waals surface area contributed by atoms with Crippen LogP contribution in [-0.4, -0.2) is 130 Å². The van der Waals surface area contributed by atoms with E-state index in [-0.39, 0.29) is 66.4 Å². The van der Waals surface area contributed by atoms with E-state index in [9.17, 15) is 39.0 Å². The van der Waals surface area contributed by atoms with Crippen molar-refractivity contribution in [1.82, 2.24) is 0 Å². The first-order valence-corrected chi connectivity index (χ1v) is 30.3. The summed E-state index contributed by atoms with van der Waals surface area (Å²) in [6.45, 7) is 26.1. The topological polar surface area (TPSA) is 332 Å². The van der Waals surface area contributed by atoms with Crippen molar-refractivity contribution in [2.45, 2.75) is 184 Å². The summed E-state index contributed by atoms with van der Waals surface area (Å²) in [5.41, 5.74) is 24.7. The smallest absolute Gasteiger partial charge is 0.331 e. The number of carbonyl (C=O) groups excluding carboxylic acids is 5. The Morgan fingerprint density at radius 2 is 0.907 bits per heavy atom. The SMILES string of the molecule is COCCCOc1cc(C[C@@H](C[C@H](N)[C@@H](O)C[C@H](C(=O)CCC(C)(C)C(N)=O)C(C)C)C(C)C)ccc1OC.COCCCOc1cc(C[C@@H](C[C@H](N)[C@@H](O)C[C@H](C(=O)CCC(C)(C)C(N)=O)C(C)C)C(C)C)ccc1OC.O=CO/C=C/C(=O)O. The van der Waals surface area contributed by atoms with E-state index < -0.39 is 52.9 Å².